The molecule has 0 spiro atoms. The van der Waals surface area contributed by atoms with Crippen LogP contribution in [0.2, 0.25) is 0 Å². The molecular weight excluding hydrogens is 496 g/mol. The molecule has 4 heterocycles. The first-order chi connectivity index (χ1) is 18.7. The summed E-state index contributed by atoms with van der Waals surface area (Å²) in [4.78, 5) is 11.6. The van der Waals surface area contributed by atoms with Gasteiger partial charge in [0.2, 0.25) is 0 Å². The van der Waals surface area contributed by atoms with Crippen molar-refractivity contribution in [2.45, 2.75) is 126 Å². The third-order valence-corrected chi connectivity index (χ3v) is 6.44. The Balaban J connectivity index is 0.000000267. The van der Waals surface area contributed by atoms with Crippen LogP contribution in [0.5, 0.6) is 0 Å². The Labute approximate surface area is 243 Å². The standard InChI is InChI=1S/C9H16N2.2C8H14N2.C7H12N2/c1-7(2)9-5-6-11(10-9)8(3)4;1-6(2)8-5-10(4)7(3)9-8;1-4-7-5-8(6(2)3)10-9-7;1-5(2)7-4-8-6(3)9-7/h5-8H,1-4H3;5-6H,1-4H3;5-6H,4H2,1-3H3,(H,9,10);4-5H,1-3H3,(H,8,9). The van der Waals surface area contributed by atoms with E-state index in [1.165, 1.54) is 22.8 Å². The minimum Gasteiger partial charge on any atom is -0.346 e. The third-order valence-electron chi connectivity index (χ3n) is 6.44. The fourth-order valence-corrected chi connectivity index (χ4v) is 3.40. The van der Waals surface area contributed by atoms with Crippen molar-refractivity contribution in [3.63, 3.8) is 0 Å². The average Bonchev–Trinajstić information content (AvgIpc) is 3.68. The first-order valence-electron chi connectivity index (χ1n) is 14.8. The Hall–Kier alpha value is -3.16. The zero-order chi connectivity index (χ0) is 30.6. The molecule has 4 aromatic rings. The van der Waals surface area contributed by atoms with Crippen LogP contribution in [0.1, 0.15) is 146 Å². The molecule has 8 nitrogen and oxygen atoms in total. The highest BCUT2D eigenvalue weighted by atomic mass is 15.3. The molecule has 2 N–H and O–H groups in total. The molecule has 0 fully saturated rings. The highest BCUT2D eigenvalue weighted by Crippen LogP contribution is 2.14. The van der Waals surface area contributed by atoms with Crippen molar-refractivity contribution >= 4 is 0 Å². The number of nitrogens with one attached hydrogen (secondary N) is 2. The van der Waals surface area contributed by atoms with Crippen LogP contribution in [0.4, 0.5) is 0 Å². The molecule has 0 amide bonds. The number of H-pyrrole nitrogens is 2. The fraction of sp³-hybridized carbons (Fsp3) is 0.625. The predicted molar refractivity (Wildman–Crippen MR) is 168 cm³/mol. The summed E-state index contributed by atoms with van der Waals surface area (Å²) < 4.78 is 4.05. The molecular formula is C32H56N8. The van der Waals surface area contributed by atoms with Gasteiger partial charge in [0.25, 0.3) is 0 Å². The maximum absolute atomic E-state index is 4.43. The monoisotopic (exact) mass is 552 g/mol. The summed E-state index contributed by atoms with van der Waals surface area (Å²) in [5.41, 5.74) is 5.96. The maximum atomic E-state index is 4.43. The van der Waals surface area contributed by atoms with Gasteiger partial charge in [-0.2, -0.15) is 10.2 Å². The minimum atomic E-state index is 0.475. The highest BCUT2D eigenvalue weighted by Gasteiger charge is 2.05. The predicted octanol–water partition coefficient (Wildman–Crippen LogP) is 8.38. The molecule has 0 aromatic carbocycles. The Morgan fingerprint density at radius 1 is 0.825 bits per heavy atom. The average molecular weight is 553 g/mol. The van der Waals surface area contributed by atoms with E-state index in [1.807, 2.05) is 38.0 Å². The number of aromatic nitrogens is 8. The summed E-state index contributed by atoms with van der Waals surface area (Å²) in [7, 11) is 2.02. The van der Waals surface area contributed by atoms with Crippen molar-refractivity contribution in [2.75, 3.05) is 0 Å². The van der Waals surface area contributed by atoms with Crippen molar-refractivity contribution in [2.24, 2.45) is 7.05 Å². The van der Waals surface area contributed by atoms with Crippen molar-refractivity contribution in [1.82, 2.24) is 39.5 Å². The summed E-state index contributed by atoms with van der Waals surface area (Å²) in [5.74, 6) is 4.26. The molecule has 0 aliphatic rings. The van der Waals surface area contributed by atoms with Gasteiger partial charge >= 0.3 is 0 Å². The van der Waals surface area contributed by atoms with Crippen LogP contribution in [0.25, 0.3) is 0 Å². The van der Waals surface area contributed by atoms with Crippen molar-refractivity contribution in [3.8, 4) is 0 Å². The molecule has 224 valence electrons. The van der Waals surface area contributed by atoms with E-state index in [-0.39, 0.29) is 0 Å². The second-order valence-electron chi connectivity index (χ2n) is 11.9. The lowest BCUT2D eigenvalue weighted by molar-refractivity contribution is 0.523. The number of rotatable bonds is 6. The van der Waals surface area contributed by atoms with Gasteiger partial charge in [0.15, 0.2) is 0 Å². The lowest BCUT2D eigenvalue weighted by atomic mass is 10.1. The van der Waals surface area contributed by atoms with Crippen LogP contribution >= 0.6 is 0 Å². The molecule has 4 rings (SSSR count). The Kier molecular flexibility index (Phi) is 14.7. The number of aromatic amines is 2. The highest BCUT2D eigenvalue weighted by molar-refractivity contribution is 5.11. The van der Waals surface area contributed by atoms with Gasteiger partial charge in [0, 0.05) is 43.1 Å². The Bertz CT molecular complexity index is 1180. The molecule has 0 atom stereocenters. The van der Waals surface area contributed by atoms with E-state index in [0.29, 0.717) is 29.7 Å². The van der Waals surface area contributed by atoms with Crippen LogP contribution in [-0.2, 0) is 13.5 Å². The zero-order valence-corrected chi connectivity index (χ0v) is 27.7. The van der Waals surface area contributed by atoms with Gasteiger partial charge in [-0.1, -0.05) is 62.3 Å². The van der Waals surface area contributed by atoms with Crippen LogP contribution in [0.15, 0.2) is 30.7 Å². The fourth-order valence-electron chi connectivity index (χ4n) is 3.40. The van der Waals surface area contributed by atoms with E-state index in [2.05, 4.69) is 129 Å². The molecule has 40 heavy (non-hydrogen) atoms. The van der Waals surface area contributed by atoms with Gasteiger partial charge in [0.1, 0.15) is 11.6 Å². The third kappa shape index (κ3) is 11.9. The van der Waals surface area contributed by atoms with Crippen LogP contribution < -0.4 is 0 Å². The van der Waals surface area contributed by atoms with E-state index in [4.69, 9.17) is 0 Å². The molecule has 0 aliphatic heterocycles. The molecule has 0 aliphatic carbocycles. The second-order valence-corrected chi connectivity index (χ2v) is 11.9. The second kappa shape index (κ2) is 16.8. The lowest BCUT2D eigenvalue weighted by Gasteiger charge is -2.04. The summed E-state index contributed by atoms with van der Waals surface area (Å²) >= 11 is 0. The smallest absolute Gasteiger partial charge is 0.105 e. The number of hydrogen-bond acceptors (Lipinski definition) is 4. The van der Waals surface area contributed by atoms with E-state index < -0.39 is 0 Å². The molecule has 0 unspecified atom stereocenters. The summed E-state index contributed by atoms with van der Waals surface area (Å²) in [6.07, 6.45) is 7.06. The van der Waals surface area contributed by atoms with Gasteiger partial charge in [-0.25, -0.2) is 9.97 Å². The van der Waals surface area contributed by atoms with Crippen LogP contribution in [0, 0.1) is 13.8 Å². The molecule has 0 saturated heterocycles. The SMILES string of the molecule is CC(C)c1ccn(C(C)C)n1.CCc1cc(C(C)C)n[nH]1.Cc1nc(C(C)C)cn1C.Cc1ncc(C(C)C)[nH]1. The van der Waals surface area contributed by atoms with E-state index in [0.717, 1.165) is 23.8 Å². The number of nitrogens with zero attached hydrogens (tertiary/aromatic N) is 6. The molecule has 4 aromatic heterocycles. The van der Waals surface area contributed by atoms with Crippen LogP contribution in [-0.4, -0.2) is 39.5 Å². The first-order valence-corrected chi connectivity index (χ1v) is 14.8. The van der Waals surface area contributed by atoms with Crippen LogP contribution in [0.3, 0.4) is 0 Å². The topological polar surface area (TPSA) is 93.0 Å². The largest absolute Gasteiger partial charge is 0.346 e. The lowest BCUT2D eigenvalue weighted by Crippen LogP contribution is -2.02. The number of hydrogen-bond donors (Lipinski definition) is 2. The van der Waals surface area contributed by atoms with Gasteiger partial charge in [-0.3, -0.25) is 9.78 Å². The van der Waals surface area contributed by atoms with Gasteiger partial charge < -0.3 is 9.55 Å². The Morgan fingerprint density at radius 3 is 1.68 bits per heavy atom. The maximum Gasteiger partial charge on any atom is 0.105 e. The molecule has 8 heteroatoms. The van der Waals surface area contributed by atoms with Gasteiger partial charge in [0.05, 0.1) is 17.1 Å². The normalized spacial score (nSPS) is 11.0. The van der Waals surface area contributed by atoms with E-state index in [9.17, 15) is 0 Å². The van der Waals surface area contributed by atoms with E-state index >= 15 is 0 Å². The zero-order valence-electron chi connectivity index (χ0n) is 27.7. The quantitative estimate of drug-likeness (QED) is 0.251. The first kappa shape index (κ1) is 34.9. The Morgan fingerprint density at radius 2 is 1.43 bits per heavy atom. The molecule has 0 bridgehead atoms. The molecule has 0 saturated carbocycles. The van der Waals surface area contributed by atoms with Crippen molar-refractivity contribution in [1.29, 1.82) is 0 Å². The van der Waals surface area contributed by atoms with Crippen molar-refractivity contribution < 1.29 is 0 Å². The summed E-state index contributed by atoms with van der Waals surface area (Å²) in [6, 6.07) is 4.69. The number of aryl methyl sites for hydroxylation is 4. The summed E-state index contributed by atoms with van der Waals surface area (Å²) in [6.45, 7) is 27.6. The molecule has 0 radical (unpaired) electrons. The summed E-state index contributed by atoms with van der Waals surface area (Å²) in [5, 5.41) is 11.6. The van der Waals surface area contributed by atoms with E-state index in [1.54, 1.807) is 0 Å². The van der Waals surface area contributed by atoms with Gasteiger partial charge in [-0.05, 0) is 69.9 Å². The van der Waals surface area contributed by atoms with Crippen molar-refractivity contribution in [3.05, 3.63) is 70.8 Å². The van der Waals surface area contributed by atoms with Gasteiger partial charge in [-0.15, -0.1) is 0 Å². The number of imidazole rings is 2. The minimum absolute atomic E-state index is 0.475.